The maximum atomic E-state index is 10.9. The van der Waals surface area contributed by atoms with Gasteiger partial charge in [-0.05, 0) is 26.2 Å². The van der Waals surface area contributed by atoms with E-state index in [2.05, 4.69) is 20.2 Å². The van der Waals surface area contributed by atoms with Gasteiger partial charge >= 0.3 is 0 Å². The first-order valence-electron chi connectivity index (χ1n) is 6.56. The molecule has 1 aromatic heterocycles. The van der Waals surface area contributed by atoms with E-state index in [1.807, 2.05) is 6.07 Å². The lowest BCUT2D eigenvalue weighted by molar-refractivity contribution is -0.116. The van der Waals surface area contributed by atoms with Crippen molar-refractivity contribution in [1.82, 2.24) is 9.97 Å². The minimum Gasteiger partial charge on any atom is -0.369 e. The Bertz CT molecular complexity index is 402. The zero-order valence-corrected chi connectivity index (χ0v) is 10.9. The summed E-state index contributed by atoms with van der Waals surface area (Å²) in [4.78, 5) is 21.6. The van der Waals surface area contributed by atoms with Crippen LogP contribution in [0.5, 0.6) is 0 Å². The van der Waals surface area contributed by atoms with Crippen LogP contribution in [-0.4, -0.2) is 35.4 Å². The Morgan fingerprint density at radius 1 is 1.33 bits per heavy atom. The molecule has 0 unspecified atom stereocenters. The molecule has 0 aliphatic carbocycles. The minimum absolute atomic E-state index is 0.188. The number of carbonyl (C=O) groups is 1. The highest BCUT2D eigenvalue weighted by Crippen LogP contribution is 2.18. The highest BCUT2D eigenvalue weighted by atomic mass is 16.1. The number of aromatic nitrogens is 2. The molecule has 0 spiro atoms. The molecular weight excluding hydrogens is 228 g/mol. The van der Waals surface area contributed by atoms with Gasteiger partial charge in [0.05, 0.1) is 0 Å². The summed E-state index contributed by atoms with van der Waals surface area (Å²) >= 11 is 0. The Kier molecular flexibility index (Phi) is 4.50. The van der Waals surface area contributed by atoms with E-state index >= 15 is 0 Å². The molecule has 1 aliphatic rings. The van der Waals surface area contributed by atoms with Crippen molar-refractivity contribution >= 4 is 17.4 Å². The van der Waals surface area contributed by atoms with Crippen LogP contribution >= 0.6 is 0 Å². The molecule has 0 amide bonds. The average molecular weight is 248 g/mol. The number of hydrogen-bond acceptors (Lipinski definition) is 5. The lowest BCUT2D eigenvalue weighted by Gasteiger charge is -2.27. The first kappa shape index (κ1) is 12.8. The van der Waals surface area contributed by atoms with Gasteiger partial charge in [-0.1, -0.05) is 0 Å². The molecule has 1 N–H and O–H groups in total. The monoisotopic (exact) mass is 248 g/mol. The molecule has 98 valence electrons. The first-order valence-corrected chi connectivity index (χ1v) is 6.56. The summed E-state index contributed by atoms with van der Waals surface area (Å²) in [6, 6.07) is 1.96. The van der Waals surface area contributed by atoms with Crippen LogP contribution in [0.1, 0.15) is 32.6 Å². The van der Waals surface area contributed by atoms with Crippen molar-refractivity contribution in [3.63, 3.8) is 0 Å². The molecule has 18 heavy (non-hydrogen) atoms. The van der Waals surface area contributed by atoms with E-state index in [1.165, 1.54) is 19.3 Å². The summed E-state index contributed by atoms with van der Waals surface area (Å²) in [6.07, 6.45) is 5.89. The van der Waals surface area contributed by atoms with Crippen molar-refractivity contribution in [2.45, 2.75) is 32.6 Å². The lowest BCUT2D eigenvalue weighted by Crippen LogP contribution is -2.30. The molecule has 1 aliphatic heterocycles. The summed E-state index contributed by atoms with van der Waals surface area (Å²) in [5, 5.41) is 3.16. The van der Waals surface area contributed by atoms with Crippen LogP contribution in [0.3, 0.4) is 0 Å². The van der Waals surface area contributed by atoms with E-state index in [4.69, 9.17) is 0 Å². The van der Waals surface area contributed by atoms with E-state index < -0.39 is 0 Å². The molecule has 0 saturated carbocycles. The molecule has 1 aromatic rings. The number of carbonyl (C=O) groups excluding carboxylic acids is 1. The number of nitrogens with one attached hydrogen (secondary N) is 1. The van der Waals surface area contributed by atoms with Gasteiger partial charge in [-0.15, -0.1) is 0 Å². The van der Waals surface area contributed by atoms with Gasteiger partial charge in [0.1, 0.15) is 23.7 Å². The molecule has 2 rings (SSSR count). The van der Waals surface area contributed by atoms with Gasteiger partial charge in [0.2, 0.25) is 0 Å². The molecule has 0 atom stereocenters. The predicted octanol–water partition coefficient (Wildman–Crippen LogP) is 1.86. The van der Waals surface area contributed by atoms with Crippen LogP contribution in [0, 0.1) is 0 Å². The van der Waals surface area contributed by atoms with Crippen molar-refractivity contribution in [3.05, 3.63) is 12.4 Å². The lowest BCUT2D eigenvalue weighted by atomic mass is 10.1. The normalized spacial score (nSPS) is 15.5. The van der Waals surface area contributed by atoms with Crippen LogP contribution in [0.15, 0.2) is 12.4 Å². The van der Waals surface area contributed by atoms with E-state index in [0.717, 1.165) is 24.7 Å². The van der Waals surface area contributed by atoms with Gasteiger partial charge in [0.25, 0.3) is 0 Å². The topological polar surface area (TPSA) is 58.1 Å². The maximum Gasteiger partial charge on any atom is 0.134 e. The standard InChI is InChI=1S/C13H20N4O/c1-11(18)5-6-14-12-9-13(16-10-15-12)17-7-3-2-4-8-17/h9-10H,2-8H2,1H3,(H,14,15,16). The van der Waals surface area contributed by atoms with Gasteiger partial charge in [-0.3, -0.25) is 4.79 Å². The fourth-order valence-corrected chi connectivity index (χ4v) is 2.11. The average Bonchev–Trinajstić information content (AvgIpc) is 2.40. The predicted molar refractivity (Wildman–Crippen MR) is 71.9 cm³/mol. The van der Waals surface area contributed by atoms with Crippen molar-refractivity contribution in [3.8, 4) is 0 Å². The fourth-order valence-electron chi connectivity index (χ4n) is 2.11. The largest absolute Gasteiger partial charge is 0.369 e. The molecule has 0 aromatic carbocycles. The van der Waals surface area contributed by atoms with Crippen LogP contribution in [-0.2, 0) is 4.79 Å². The molecule has 0 bridgehead atoms. The number of nitrogens with zero attached hydrogens (tertiary/aromatic N) is 3. The van der Waals surface area contributed by atoms with E-state index in [1.54, 1.807) is 13.3 Å². The van der Waals surface area contributed by atoms with Gasteiger partial charge in [0.15, 0.2) is 0 Å². The number of Topliss-reactive ketones (excluding diaryl/α,β-unsaturated/α-hetero) is 1. The minimum atomic E-state index is 0.188. The van der Waals surface area contributed by atoms with Gasteiger partial charge in [-0.2, -0.15) is 0 Å². The van der Waals surface area contributed by atoms with Crippen LogP contribution in [0.25, 0.3) is 0 Å². The summed E-state index contributed by atoms with van der Waals surface area (Å²) in [5.41, 5.74) is 0. The number of ketones is 1. The van der Waals surface area contributed by atoms with Gasteiger partial charge in [0, 0.05) is 32.1 Å². The number of rotatable bonds is 5. The number of piperidine rings is 1. The summed E-state index contributed by atoms with van der Waals surface area (Å²) in [6.45, 7) is 4.38. The Labute approximate surface area is 108 Å². The molecule has 2 heterocycles. The second-order valence-electron chi connectivity index (χ2n) is 4.69. The summed E-state index contributed by atoms with van der Waals surface area (Å²) in [7, 11) is 0. The maximum absolute atomic E-state index is 10.9. The second kappa shape index (κ2) is 6.33. The van der Waals surface area contributed by atoms with Crippen molar-refractivity contribution in [2.24, 2.45) is 0 Å². The number of anilines is 2. The van der Waals surface area contributed by atoms with Gasteiger partial charge < -0.3 is 10.2 Å². The number of hydrogen-bond donors (Lipinski definition) is 1. The molecule has 5 heteroatoms. The Morgan fingerprint density at radius 3 is 2.83 bits per heavy atom. The van der Waals surface area contributed by atoms with Gasteiger partial charge in [-0.25, -0.2) is 9.97 Å². The van der Waals surface area contributed by atoms with Crippen molar-refractivity contribution in [2.75, 3.05) is 29.9 Å². The quantitative estimate of drug-likeness (QED) is 0.862. The third-order valence-electron chi connectivity index (χ3n) is 3.12. The third-order valence-corrected chi connectivity index (χ3v) is 3.12. The highest BCUT2D eigenvalue weighted by molar-refractivity contribution is 5.75. The zero-order chi connectivity index (χ0) is 12.8. The second-order valence-corrected chi connectivity index (χ2v) is 4.69. The molecule has 0 radical (unpaired) electrons. The molecule has 5 nitrogen and oxygen atoms in total. The summed E-state index contributed by atoms with van der Waals surface area (Å²) in [5.74, 6) is 1.97. The van der Waals surface area contributed by atoms with E-state index in [9.17, 15) is 4.79 Å². The SMILES string of the molecule is CC(=O)CCNc1cc(N2CCCCC2)ncn1. The highest BCUT2D eigenvalue weighted by Gasteiger charge is 2.12. The molecule has 1 fully saturated rings. The fraction of sp³-hybridized carbons (Fsp3) is 0.615. The van der Waals surface area contributed by atoms with Crippen LogP contribution < -0.4 is 10.2 Å². The van der Waals surface area contributed by atoms with Crippen LogP contribution in [0.2, 0.25) is 0 Å². The van der Waals surface area contributed by atoms with Crippen LogP contribution in [0.4, 0.5) is 11.6 Å². The Balaban J connectivity index is 1.93. The first-order chi connectivity index (χ1) is 8.75. The summed E-state index contributed by atoms with van der Waals surface area (Å²) < 4.78 is 0. The third kappa shape index (κ3) is 3.68. The molecule has 1 saturated heterocycles. The van der Waals surface area contributed by atoms with E-state index in [-0.39, 0.29) is 5.78 Å². The smallest absolute Gasteiger partial charge is 0.134 e. The zero-order valence-electron chi connectivity index (χ0n) is 10.9. The van der Waals surface area contributed by atoms with E-state index in [0.29, 0.717) is 13.0 Å². The Hall–Kier alpha value is -1.65. The Morgan fingerprint density at radius 2 is 2.11 bits per heavy atom. The van der Waals surface area contributed by atoms with Crippen molar-refractivity contribution < 1.29 is 4.79 Å². The molecular formula is C13H20N4O. The van der Waals surface area contributed by atoms with Crippen molar-refractivity contribution in [1.29, 1.82) is 0 Å².